The predicted molar refractivity (Wildman–Crippen MR) is 113 cm³/mol. The molecule has 2 heterocycles. The summed E-state index contributed by atoms with van der Waals surface area (Å²) < 4.78 is 42.5. The van der Waals surface area contributed by atoms with Gasteiger partial charge in [-0.25, -0.2) is 0 Å². The summed E-state index contributed by atoms with van der Waals surface area (Å²) in [6.07, 6.45) is -1.21. The van der Waals surface area contributed by atoms with Crippen molar-refractivity contribution in [2.45, 2.75) is 44.4 Å². The van der Waals surface area contributed by atoms with Crippen LogP contribution in [0.2, 0.25) is 5.02 Å². The van der Waals surface area contributed by atoms with Crippen LogP contribution in [0.15, 0.2) is 41.0 Å². The van der Waals surface area contributed by atoms with Gasteiger partial charge in [0.25, 0.3) is 0 Å². The molecule has 0 radical (unpaired) electrons. The summed E-state index contributed by atoms with van der Waals surface area (Å²) in [5.74, 6) is 0.0604. The Morgan fingerprint density at radius 3 is 2.71 bits per heavy atom. The highest BCUT2D eigenvalue weighted by Crippen LogP contribution is 2.47. The SMILES string of the molecule is O=C(CCn1nc(C(F)(F)F)c(Br)c1C1CC1)Nc1ccn(Cc2cccc(Cl)c2)n1. The van der Waals surface area contributed by atoms with Crippen LogP contribution in [-0.2, 0) is 24.1 Å². The monoisotopic (exact) mass is 515 g/mol. The van der Waals surface area contributed by atoms with Crippen molar-refractivity contribution < 1.29 is 18.0 Å². The Hall–Kier alpha value is -2.33. The van der Waals surface area contributed by atoms with Gasteiger partial charge in [0.1, 0.15) is 0 Å². The Kier molecular flexibility index (Phi) is 6.11. The summed E-state index contributed by atoms with van der Waals surface area (Å²) in [4.78, 5) is 12.3. The van der Waals surface area contributed by atoms with Crippen molar-refractivity contribution in [3.63, 3.8) is 0 Å². The largest absolute Gasteiger partial charge is 0.436 e. The summed E-state index contributed by atoms with van der Waals surface area (Å²) in [7, 11) is 0. The molecule has 0 spiro atoms. The molecule has 1 aliphatic rings. The number of nitrogens with zero attached hydrogens (tertiary/aromatic N) is 4. The molecule has 0 aliphatic heterocycles. The minimum atomic E-state index is -4.55. The first-order valence-corrected chi connectivity index (χ1v) is 10.8. The molecule has 1 aromatic carbocycles. The highest BCUT2D eigenvalue weighted by Gasteiger charge is 2.41. The van der Waals surface area contributed by atoms with Gasteiger partial charge in [0.05, 0.1) is 23.3 Å². The first-order valence-electron chi connectivity index (χ1n) is 9.62. The minimum Gasteiger partial charge on any atom is -0.309 e. The highest BCUT2D eigenvalue weighted by atomic mass is 79.9. The maximum absolute atomic E-state index is 13.2. The summed E-state index contributed by atoms with van der Waals surface area (Å²) in [5.41, 5.74) is 0.520. The lowest BCUT2D eigenvalue weighted by Gasteiger charge is -2.07. The number of hydrogen-bond acceptors (Lipinski definition) is 3. The van der Waals surface area contributed by atoms with E-state index in [-0.39, 0.29) is 29.3 Å². The Bertz CT molecular complexity index is 1110. The van der Waals surface area contributed by atoms with Crippen LogP contribution >= 0.6 is 27.5 Å². The third-order valence-electron chi connectivity index (χ3n) is 4.86. The van der Waals surface area contributed by atoms with Crippen molar-refractivity contribution in [3.05, 3.63) is 63.0 Å². The molecule has 1 aliphatic carbocycles. The van der Waals surface area contributed by atoms with Crippen LogP contribution in [0.5, 0.6) is 0 Å². The lowest BCUT2D eigenvalue weighted by atomic mass is 10.2. The fourth-order valence-electron chi connectivity index (χ4n) is 3.30. The van der Waals surface area contributed by atoms with E-state index >= 15 is 0 Å². The van der Waals surface area contributed by atoms with Gasteiger partial charge in [-0.3, -0.25) is 14.2 Å². The summed E-state index contributed by atoms with van der Waals surface area (Å²) >= 11 is 9.03. The highest BCUT2D eigenvalue weighted by molar-refractivity contribution is 9.10. The molecule has 11 heteroatoms. The van der Waals surface area contributed by atoms with E-state index in [0.29, 0.717) is 23.1 Å². The fourth-order valence-corrected chi connectivity index (χ4v) is 4.35. The Labute approximate surface area is 189 Å². The summed E-state index contributed by atoms with van der Waals surface area (Å²) in [6.45, 7) is 0.540. The first kappa shape index (κ1) is 21.9. The van der Waals surface area contributed by atoms with Crippen molar-refractivity contribution >= 4 is 39.3 Å². The summed E-state index contributed by atoms with van der Waals surface area (Å²) in [5, 5.41) is 11.3. The number of anilines is 1. The summed E-state index contributed by atoms with van der Waals surface area (Å²) in [6, 6.07) is 9.03. The lowest BCUT2D eigenvalue weighted by Crippen LogP contribution is -2.17. The molecule has 3 aromatic rings. The number of rotatable bonds is 7. The van der Waals surface area contributed by atoms with E-state index in [2.05, 4.69) is 31.4 Å². The zero-order valence-electron chi connectivity index (χ0n) is 16.2. The quantitative estimate of drug-likeness (QED) is 0.453. The smallest absolute Gasteiger partial charge is 0.309 e. The van der Waals surface area contributed by atoms with Crippen molar-refractivity contribution in [2.24, 2.45) is 0 Å². The Morgan fingerprint density at radius 1 is 1.26 bits per heavy atom. The van der Waals surface area contributed by atoms with Gasteiger partial charge in [-0.05, 0) is 46.5 Å². The standard InChI is InChI=1S/C20H18BrClF3N5O/c21-17-18(13-4-5-13)30(28-19(17)20(23,24)25)9-7-16(31)26-15-6-8-29(27-15)11-12-2-1-3-14(22)10-12/h1-3,6,8,10,13H,4-5,7,9,11H2,(H,26,27,31). The Balaban J connectivity index is 1.37. The molecule has 1 amide bonds. The zero-order chi connectivity index (χ0) is 22.2. The van der Waals surface area contributed by atoms with Crippen LogP contribution in [0, 0.1) is 0 Å². The van der Waals surface area contributed by atoms with Crippen molar-refractivity contribution in [1.29, 1.82) is 0 Å². The maximum atomic E-state index is 13.2. The van der Waals surface area contributed by atoms with Crippen LogP contribution in [0.4, 0.5) is 19.0 Å². The van der Waals surface area contributed by atoms with Gasteiger partial charge in [0, 0.05) is 29.6 Å². The molecule has 1 saturated carbocycles. The second kappa shape index (κ2) is 8.66. The van der Waals surface area contributed by atoms with E-state index in [1.807, 2.05) is 18.2 Å². The number of carbonyl (C=O) groups excluding carboxylic acids is 1. The number of benzene rings is 1. The first-order chi connectivity index (χ1) is 14.7. The van der Waals surface area contributed by atoms with Gasteiger partial charge in [-0.1, -0.05) is 23.7 Å². The second-order valence-electron chi connectivity index (χ2n) is 7.37. The number of aryl methyl sites for hydroxylation is 1. The minimum absolute atomic E-state index is 0.0215. The van der Waals surface area contributed by atoms with Crippen LogP contribution in [0.1, 0.15) is 42.1 Å². The second-order valence-corrected chi connectivity index (χ2v) is 8.60. The Morgan fingerprint density at radius 2 is 2.03 bits per heavy atom. The molecule has 1 fully saturated rings. The molecule has 164 valence electrons. The van der Waals surface area contributed by atoms with Crippen molar-refractivity contribution in [2.75, 3.05) is 5.32 Å². The third-order valence-corrected chi connectivity index (χ3v) is 5.87. The molecule has 0 unspecified atom stereocenters. The van der Waals surface area contributed by atoms with Gasteiger partial charge in [0.2, 0.25) is 5.91 Å². The van der Waals surface area contributed by atoms with Crippen molar-refractivity contribution in [3.8, 4) is 0 Å². The number of amides is 1. The number of nitrogens with one attached hydrogen (secondary N) is 1. The van der Waals surface area contributed by atoms with Crippen LogP contribution in [0.3, 0.4) is 0 Å². The predicted octanol–water partition coefficient (Wildman–Crippen LogP) is 5.47. The lowest BCUT2D eigenvalue weighted by molar-refractivity contribution is -0.142. The molecular formula is C20H18BrClF3N5O. The van der Waals surface area contributed by atoms with Gasteiger partial charge in [0.15, 0.2) is 11.5 Å². The topological polar surface area (TPSA) is 64.7 Å². The van der Waals surface area contributed by atoms with Crippen LogP contribution in [0.25, 0.3) is 0 Å². The molecule has 0 bridgehead atoms. The number of hydrogen-bond donors (Lipinski definition) is 1. The third kappa shape index (κ3) is 5.30. The molecule has 0 atom stereocenters. The molecule has 1 N–H and O–H groups in total. The van der Waals surface area contributed by atoms with Crippen LogP contribution in [-0.4, -0.2) is 25.5 Å². The van der Waals surface area contributed by atoms with E-state index < -0.39 is 11.9 Å². The number of halogens is 5. The molecule has 2 aromatic heterocycles. The van der Waals surface area contributed by atoms with Crippen LogP contribution < -0.4 is 5.32 Å². The molecule has 0 saturated heterocycles. The van der Waals surface area contributed by atoms with E-state index in [9.17, 15) is 18.0 Å². The van der Waals surface area contributed by atoms with Gasteiger partial charge in [-0.2, -0.15) is 23.4 Å². The maximum Gasteiger partial charge on any atom is 0.436 e. The van der Waals surface area contributed by atoms with Gasteiger partial charge in [-0.15, -0.1) is 0 Å². The molecule has 6 nitrogen and oxygen atoms in total. The van der Waals surface area contributed by atoms with E-state index in [0.717, 1.165) is 18.4 Å². The number of alkyl halides is 3. The van der Waals surface area contributed by atoms with Gasteiger partial charge >= 0.3 is 6.18 Å². The normalized spacial score (nSPS) is 14.1. The molecule has 4 rings (SSSR count). The van der Waals surface area contributed by atoms with Gasteiger partial charge < -0.3 is 5.32 Å². The van der Waals surface area contributed by atoms with E-state index in [1.54, 1.807) is 23.0 Å². The number of carbonyl (C=O) groups is 1. The fraction of sp³-hybridized carbons (Fsp3) is 0.350. The zero-order valence-corrected chi connectivity index (χ0v) is 18.5. The molecular weight excluding hydrogens is 499 g/mol. The molecule has 31 heavy (non-hydrogen) atoms. The van der Waals surface area contributed by atoms with Crippen molar-refractivity contribution in [1.82, 2.24) is 19.6 Å². The van der Waals surface area contributed by atoms with E-state index in [4.69, 9.17) is 11.6 Å². The average molecular weight is 517 g/mol. The number of aromatic nitrogens is 4. The average Bonchev–Trinajstić information content (AvgIpc) is 3.33. The van der Waals surface area contributed by atoms with E-state index in [1.165, 1.54) is 4.68 Å².